The van der Waals surface area contributed by atoms with E-state index in [0.717, 1.165) is 6.42 Å². The zero-order chi connectivity index (χ0) is 16.8. The molecular weight excluding hydrogens is 326 g/mol. The van der Waals surface area contributed by atoms with Gasteiger partial charge in [0, 0.05) is 29.8 Å². The molecule has 1 aliphatic heterocycles. The molecule has 0 aliphatic carbocycles. The average molecular weight is 345 g/mol. The number of carbonyl (C=O) groups excluding carboxylic acids is 2. The van der Waals surface area contributed by atoms with Crippen LogP contribution in [0.1, 0.15) is 28.1 Å². The minimum absolute atomic E-state index is 0.0691. The molecule has 24 heavy (non-hydrogen) atoms. The van der Waals surface area contributed by atoms with E-state index in [4.69, 9.17) is 9.47 Å². The maximum absolute atomic E-state index is 12.2. The molecule has 0 fully saturated rings. The molecule has 2 heterocycles. The second-order valence-electron chi connectivity index (χ2n) is 5.46. The van der Waals surface area contributed by atoms with E-state index >= 15 is 0 Å². The standard InChI is InChI=1S/C18H19NO4S/c20-15(13-3-5-16-17(12-13)23-10-9-22-16)4-6-18(21)19-8-7-14-2-1-11-24-14/h1-3,5,11-12H,4,6-10H2,(H,19,21). The molecule has 5 nitrogen and oxygen atoms in total. The molecule has 1 aromatic carbocycles. The van der Waals surface area contributed by atoms with Crippen molar-refractivity contribution in [2.45, 2.75) is 19.3 Å². The van der Waals surface area contributed by atoms with Crippen molar-refractivity contribution >= 4 is 23.0 Å². The molecule has 6 heteroatoms. The average Bonchev–Trinajstić information content (AvgIpc) is 3.12. The Kier molecular flexibility index (Phi) is 5.48. The monoisotopic (exact) mass is 345 g/mol. The lowest BCUT2D eigenvalue weighted by molar-refractivity contribution is -0.121. The lowest BCUT2D eigenvalue weighted by Crippen LogP contribution is -2.25. The summed E-state index contributed by atoms with van der Waals surface area (Å²) in [6, 6.07) is 9.18. The third kappa shape index (κ3) is 4.35. The molecule has 0 unspecified atom stereocenters. The van der Waals surface area contributed by atoms with Crippen LogP contribution in [0.3, 0.4) is 0 Å². The molecular formula is C18H19NO4S. The molecule has 0 bridgehead atoms. The third-order valence-electron chi connectivity index (χ3n) is 3.72. The van der Waals surface area contributed by atoms with Crippen LogP contribution in [0.15, 0.2) is 35.7 Å². The molecule has 0 radical (unpaired) electrons. The van der Waals surface area contributed by atoms with Gasteiger partial charge in [-0.05, 0) is 36.1 Å². The van der Waals surface area contributed by atoms with Crippen LogP contribution >= 0.6 is 11.3 Å². The van der Waals surface area contributed by atoms with Gasteiger partial charge in [0.1, 0.15) is 13.2 Å². The van der Waals surface area contributed by atoms with Crippen molar-refractivity contribution in [2.24, 2.45) is 0 Å². The van der Waals surface area contributed by atoms with Crippen molar-refractivity contribution in [1.29, 1.82) is 0 Å². The van der Waals surface area contributed by atoms with Gasteiger partial charge in [-0.3, -0.25) is 9.59 Å². The number of rotatable bonds is 7. The molecule has 1 N–H and O–H groups in total. The summed E-state index contributed by atoms with van der Waals surface area (Å²) >= 11 is 1.67. The zero-order valence-corrected chi connectivity index (χ0v) is 14.1. The Morgan fingerprint density at radius 1 is 1.08 bits per heavy atom. The second-order valence-corrected chi connectivity index (χ2v) is 6.49. The molecule has 0 saturated heterocycles. The molecule has 3 rings (SSSR count). The molecule has 0 saturated carbocycles. The maximum Gasteiger partial charge on any atom is 0.220 e. The number of hydrogen-bond donors (Lipinski definition) is 1. The first-order chi connectivity index (χ1) is 11.7. The summed E-state index contributed by atoms with van der Waals surface area (Å²) < 4.78 is 10.9. The summed E-state index contributed by atoms with van der Waals surface area (Å²) in [6.45, 7) is 1.60. The fourth-order valence-corrected chi connectivity index (χ4v) is 3.17. The van der Waals surface area contributed by atoms with E-state index in [0.29, 0.717) is 36.8 Å². The van der Waals surface area contributed by atoms with E-state index < -0.39 is 0 Å². The zero-order valence-electron chi connectivity index (χ0n) is 13.2. The van der Waals surface area contributed by atoms with Gasteiger partial charge in [-0.1, -0.05) is 6.07 Å². The first kappa shape index (κ1) is 16.5. The molecule has 2 aromatic rings. The highest BCUT2D eigenvalue weighted by Crippen LogP contribution is 2.31. The van der Waals surface area contributed by atoms with Crippen LogP contribution in [-0.2, 0) is 11.2 Å². The van der Waals surface area contributed by atoms with E-state index in [-0.39, 0.29) is 24.5 Å². The van der Waals surface area contributed by atoms with E-state index in [1.807, 2.05) is 17.5 Å². The third-order valence-corrected chi connectivity index (χ3v) is 4.65. The Morgan fingerprint density at radius 3 is 2.71 bits per heavy atom. The SMILES string of the molecule is O=C(CCC(=O)c1ccc2c(c1)OCCO2)NCCc1cccs1. The fourth-order valence-electron chi connectivity index (χ4n) is 2.46. The van der Waals surface area contributed by atoms with Gasteiger partial charge in [0.2, 0.25) is 5.91 Å². The van der Waals surface area contributed by atoms with Crippen molar-refractivity contribution in [1.82, 2.24) is 5.32 Å². The van der Waals surface area contributed by atoms with Gasteiger partial charge in [-0.15, -0.1) is 11.3 Å². The summed E-state index contributed by atoms with van der Waals surface area (Å²) in [6.07, 6.45) is 1.20. The minimum Gasteiger partial charge on any atom is -0.486 e. The molecule has 1 amide bonds. The van der Waals surface area contributed by atoms with Crippen molar-refractivity contribution in [2.75, 3.05) is 19.8 Å². The topological polar surface area (TPSA) is 64.6 Å². The van der Waals surface area contributed by atoms with Crippen molar-refractivity contribution in [3.05, 3.63) is 46.2 Å². The predicted molar refractivity (Wildman–Crippen MR) is 92.0 cm³/mol. The van der Waals surface area contributed by atoms with Crippen molar-refractivity contribution in [3.8, 4) is 11.5 Å². The van der Waals surface area contributed by atoms with Gasteiger partial charge < -0.3 is 14.8 Å². The Balaban J connectivity index is 1.44. The number of hydrogen-bond acceptors (Lipinski definition) is 5. The highest BCUT2D eigenvalue weighted by molar-refractivity contribution is 7.09. The van der Waals surface area contributed by atoms with Crippen LogP contribution in [0, 0.1) is 0 Å². The van der Waals surface area contributed by atoms with Crippen molar-refractivity contribution in [3.63, 3.8) is 0 Å². The van der Waals surface area contributed by atoms with Gasteiger partial charge in [-0.25, -0.2) is 0 Å². The van der Waals surface area contributed by atoms with E-state index in [9.17, 15) is 9.59 Å². The van der Waals surface area contributed by atoms with Crippen LogP contribution in [0.4, 0.5) is 0 Å². The molecule has 1 aromatic heterocycles. The van der Waals surface area contributed by atoms with Crippen LogP contribution < -0.4 is 14.8 Å². The van der Waals surface area contributed by atoms with Gasteiger partial charge in [-0.2, -0.15) is 0 Å². The van der Waals surface area contributed by atoms with E-state index in [2.05, 4.69) is 5.32 Å². The quantitative estimate of drug-likeness (QED) is 0.784. The van der Waals surface area contributed by atoms with E-state index in [1.165, 1.54) is 4.88 Å². The number of amides is 1. The smallest absolute Gasteiger partial charge is 0.220 e. The number of nitrogens with one attached hydrogen (secondary N) is 1. The van der Waals surface area contributed by atoms with Gasteiger partial charge in [0.05, 0.1) is 0 Å². The van der Waals surface area contributed by atoms with E-state index in [1.54, 1.807) is 29.5 Å². The summed E-state index contributed by atoms with van der Waals surface area (Å²) in [7, 11) is 0. The number of benzene rings is 1. The fraction of sp³-hybridized carbons (Fsp3) is 0.333. The molecule has 1 aliphatic rings. The molecule has 0 spiro atoms. The summed E-state index contributed by atoms with van der Waals surface area (Å²) in [5.74, 6) is 1.08. The molecule has 126 valence electrons. The second kappa shape index (κ2) is 7.97. The largest absolute Gasteiger partial charge is 0.486 e. The minimum atomic E-state index is -0.0996. The Labute approximate surface area is 144 Å². The van der Waals surface area contributed by atoms with Gasteiger partial charge in [0.15, 0.2) is 17.3 Å². The van der Waals surface area contributed by atoms with Crippen molar-refractivity contribution < 1.29 is 19.1 Å². The first-order valence-corrected chi connectivity index (χ1v) is 8.82. The van der Waals surface area contributed by atoms with Crippen LogP contribution in [0.2, 0.25) is 0 Å². The first-order valence-electron chi connectivity index (χ1n) is 7.94. The molecule has 0 atom stereocenters. The maximum atomic E-state index is 12.2. The number of Topliss-reactive ketones (excluding diaryl/α,β-unsaturated/α-hetero) is 1. The summed E-state index contributed by atoms with van der Waals surface area (Å²) in [4.78, 5) is 25.3. The number of ketones is 1. The number of carbonyl (C=O) groups is 2. The number of fused-ring (bicyclic) bond motifs is 1. The highest BCUT2D eigenvalue weighted by atomic mass is 32.1. The normalized spacial score (nSPS) is 12.7. The lowest BCUT2D eigenvalue weighted by Gasteiger charge is -2.18. The van der Waals surface area contributed by atoms with Gasteiger partial charge >= 0.3 is 0 Å². The number of thiophene rings is 1. The number of ether oxygens (including phenoxy) is 2. The summed E-state index contributed by atoms with van der Waals surface area (Å²) in [5.41, 5.74) is 0.547. The Morgan fingerprint density at radius 2 is 1.92 bits per heavy atom. The Hall–Kier alpha value is -2.34. The Bertz CT molecular complexity index is 712. The lowest BCUT2D eigenvalue weighted by atomic mass is 10.1. The van der Waals surface area contributed by atoms with Crippen LogP contribution in [-0.4, -0.2) is 31.4 Å². The van der Waals surface area contributed by atoms with Crippen LogP contribution in [0.5, 0.6) is 11.5 Å². The predicted octanol–water partition coefficient (Wildman–Crippen LogP) is 2.84. The van der Waals surface area contributed by atoms with Gasteiger partial charge in [0.25, 0.3) is 0 Å². The highest BCUT2D eigenvalue weighted by Gasteiger charge is 2.15. The summed E-state index contributed by atoms with van der Waals surface area (Å²) in [5, 5.41) is 4.87. The van der Waals surface area contributed by atoms with Crippen LogP contribution in [0.25, 0.3) is 0 Å².